The molecule has 0 spiro atoms. The van der Waals surface area contributed by atoms with Crippen LogP contribution in [0, 0.1) is 5.92 Å². The van der Waals surface area contributed by atoms with E-state index in [4.69, 9.17) is 9.84 Å². The molecular formula is C17H25F2N3O5. The van der Waals surface area contributed by atoms with Gasteiger partial charge in [-0.05, 0) is 24.8 Å². The van der Waals surface area contributed by atoms with Crippen molar-refractivity contribution in [1.29, 1.82) is 0 Å². The van der Waals surface area contributed by atoms with Crippen LogP contribution >= 0.6 is 0 Å². The van der Waals surface area contributed by atoms with Gasteiger partial charge in [-0.25, -0.2) is 4.79 Å². The summed E-state index contributed by atoms with van der Waals surface area (Å²) >= 11 is 0. The van der Waals surface area contributed by atoms with Gasteiger partial charge in [0.25, 0.3) is 0 Å². The molecule has 0 amide bonds. The summed E-state index contributed by atoms with van der Waals surface area (Å²) in [7, 11) is 0. The first-order valence-corrected chi connectivity index (χ1v) is 8.94. The Hall–Kier alpha value is -1.91. The number of aliphatic hydroxyl groups excluding tert-OH is 2. The molecule has 27 heavy (non-hydrogen) atoms. The Morgan fingerprint density at radius 1 is 1.48 bits per heavy atom. The summed E-state index contributed by atoms with van der Waals surface area (Å²) in [5, 5.41) is 21.6. The molecule has 1 fully saturated rings. The molecule has 1 unspecified atom stereocenters. The van der Waals surface area contributed by atoms with E-state index in [0.29, 0.717) is 24.0 Å². The van der Waals surface area contributed by atoms with Crippen LogP contribution in [0.15, 0.2) is 17.1 Å². The SMILES string of the molecule is CCCC(CCC=O)CNc1ccn([C@@H]2O[C@H](CO)[C@@H](O)C2(F)F)c(=O)n1. The van der Waals surface area contributed by atoms with E-state index >= 15 is 0 Å². The molecular weight excluding hydrogens is 364 g/mol. The molecule has 0 bridgehead atoms. The molecule has 0 saturated carbocycles. The van der Waals surface area contributed by atoms with E-state index in [0.717, 1.165) is 25.3 Å². The Kier molecular flexibility index (Phi) is 7.40. The first-order valence-electron chi connectivity index (χ1n) is 8.94. The number of nitrogens with zero attached hydrogens (tertiary/aromatic N) is 2. The van der Waals surface area contributed by atoms with Gasteiger partial charge in [0.05, 0.1) is 6.61 Å². The van der Waals surface area contributed by atoms with Crippen LogP contribution in [-0.4, -0.2) is 57.3 Å². The largest absolute Gasteiger partial charge is 0.394 e. The minimum atomic E-state index is -3.74. The van der Waals surface area contributed by atoms with Crippen LogP contribution in [0.2, 0.25) is 0 Å². The van der Waals surface area contributed by atoms with E-state index in [9.17, 15) is 23.5 Å². The number of alkyl halides is 2. The molecule has 10 heteroatoms. The smallest absolute Gasteiger partial charge is 0.351 e. The Labute approximate surface area is 155 Å². The van der Waals surface area contributed by atoms with Crippen LogP contribution < -0.4 is 11.0 Å². The van der Waals surface area contributed by atoms with Gasteiger partial charge in [0.15, 0.2) is 6.10 Å². The number of halogens is 2. The second-order valence-electron chi connectivity index (χ2n) is 6.61. The van der Waals surface area contributed by atoms with Crippen molar-refractivity contribution in [3.63, 3.8) is 0 Å². The molecule has 0 aromatic carbocycles. The predicted octanol–water partition coefficient (Wildman–Crippen LogP) is 0.936. The number of hydrogen-bond acceptors (Lipinski definition) is 7. The highest BCUT2D eigenvalue weighted by Gasteiger charge is 2.59. The highest BCUT2D eigenvalue weighted by Crippen LogP contribution is 2.41. The second-order valence-corrected chi connectivity index (χ2v) is 6.61. The highest BCUT2D eigenvalue weighted by atomic mass is 19.3. The number of aromatic nitrogens is 2. The Morgan fingerprint density at radius 3 is 2.78 bits per heavy atom. The first kappa shape index (κ1) is 21.4. The average Bonchev–Trinajstić information content (AvgIpc) is 2.87. The molecule has 2 heterocycles. The predicted molar refractivity (Wildman–Crippen MR) is 92.6 cm³/mol. The third-order valence-electron chi connectivity index (χ3n) is 4.60. The number of ether oxygens (including phenoxy) is 1. The number of aldehydes is 1. The van der Waals surface area contributed by atoms with Crippen molar-refractivity contribution >= 4 is 12.1 Å². The zero-order chi connectivity index (χ0) is 20.0. The van der Waals surface area contributed by atoms with Crippen LogP contribution in [0.5, 0.6) is 0 Å². The molecule has 1 aromatic rings. The first-order chi connectivity index (χ1) is 12.8. The number of carbonyl (C=O) groups is 1. The molecule has 1 aliphatic rings. The molecule has 1 aromatic heterocycles. The minimum Gasteiger partial charge on any atom is -0.394 e. The monoisotopic (exact) mass is 389 g/mol. The van der Waals surface area contributed by atoms with E-state index in [1.165, 1.54) is 6.07 Å². The Balaban J connectivity index is 2.09. The zero-order valence-corrected chi connectivity index (χ0v) is 15.1. The summed E-state index contributed by atoms with van der Waals surface area (Å²) in [6.07, 6.45) is -0.760. The quantitative estimate of drug-likeness (QED) is 0.510. The summed E-state index contributed by atoms with van der Waals surface area (Å²) < 4.78 is 33.8. The molecule has 3 N–H and O–H groups in total. The van der Waals surface area contributed by atoms with Gasteiger partial charge in [-0.2, -0.15) is 13.8 Å². The average molecular weight is 389 g/mol. The fourth-order valence-corrected chi connectivity index (χ4v) is 3.12. The lowest BCUT2D eigenvalue weighted by molar-refractivity contribution is -0.140. The van der Waals surface area contributed by atoms with Crippen molar-refractivity contribution in [2.45, 2.75) is 57.0 Å². The van der Waals surface area contributed by atoms with Crippen LogP contribution in [0.1, 0.15) is 38.8 Å². The number of nitrogens with one attached hydrogen (secondary N) is 1. The molecule has 4 atom stereocenters. The minimum absolute atomic E-state index is 0.226. The molecule has 1 aliphatic heterocycles. The van der Waals surface area contributed by atoms with Crippen molar-refractivity contribution < 1.29 is 28.5 Å². The van der Waals surface area contributed by atoms with Gasteiger partial charge in [0.2, 0.25) is 6.23 Å². The van der Waals surface area contributed by atoms with Gasteiger partial charge in [-0.1, -0.05) is 13.3 Å². The maximum atomic E-state index is 14.1. The van der Waals surface area contributed by atoms with Gasteiger partial charge in [0, 0.05) is 19.2 Å². The third kappa shape index (κ3) is 4.88. The summed E-state index contributed by atoms with van der Waals surface area (Å²) in [5.41, 5.74) is -0.963. The second kappa shape index (κ2) is 9.34. The maximum Gasteiger partial charge on any atom is 0.351 e. The van der Waals surface area contributed by atoms with Gasteiger partial charge in [0.1, 0.15) is 18.2 Å². The lowest BCUT2D eigenvalue weighted by Gasteiger charge is -2.21. The van der Waals surface area contributed by atoms with E-state index in [1.54, 1.807) is 0 Å². The number of hydrogen-bond donors (Lipinski definition) is 3. The van der Waals surface area contributed by atoms with Gasteiger partial charge in [-0.3, -0.25) is 4.57 Å². The maximum absolute atomic E-state index is 14.1. The van der Waals surface area contributed by atoms with Crippen molar-refractivity contribution in [3.05, 3.63) is 22.7 Å². The highest BCUT2D eigenvalue weighted by molar-refractivity contribution is 5.49. The topological polar surface area (TPSA) is 114 Å². The third-order valence-corrected chi connectivity index (χ3v) is 4.60. The van der Waals surface area contributed by atoms with Crippen molar-refractivity contribution in [1.82, 2.24) is 9.55 Å². The molecule has 0 aliphatic carbocycles. The summed E-state index contributed by atoms with van der Waals surface area (Å²) in [6, 6.07) is 1.36. The molecule has 8 nitrogen and oxygen atoms in total. The number of carbonyl (C=O) groups excluding carboxylic acids is 1. The summed E-state index contributed by atoms with van der Waals surface area (Å²) in [5.74, 6) is -3.29. The number of rotatable bonds is 10. The van der Waals surface area contributed by atoms with Crippen LogP contribution in [0.3, 0.4) is 0 Å². The number of anilines is 1. The van der Waals surface area contributed by atoms with E-state index in [1.807, 2.05) is 6.92 Å². The fourth-order valence-electron chi connectivity index (χ4n) is 3.12. The van der Waals surface area contributed by atoms with Gasteiger partial charge < -0.3 is 25.1 Å². The fraction of sp³-hybridized carbons (Fsp3) is 0.706. The Bertz CT molecular complexity index is 685. The van der Waals surface area contributed by atoms with E-state index in [2.05, 4.69) is 10.3 Å². The van der Waals surface area contributed by atoms with Crippen molar-refractivity contribution in [3.8, 4) is 0 Å². The molecule has 0 radical (unpaired) electrons. The van der Waals surface area contributed by atoms with Gasteiger partial charge >= 0.3 is 11.6 Å². The molecule has 1 saturated heterocycles. The summed E-state index contributed by atoms with van der Waals surface area (Å²) in [4.78, 5) is 26.4. The van der Waals surface area contributed by atoms with Gasteiger partial charge in [-0.15, -0.1) is 0 Å². The van der Waals surface area contributed by atoms with Crippen LogP contribution in [0.25, 0.3) is 0 Å². The van der Waals surface area contributed by atoms with E-state index in [-0.39, 0.29) is 11.7 Å². The Morgan fingerprint density at radius 2 is 2.22 bits per heavy atom. The standard InChI is InChI=1S/C17H25F2N3O5/c1-2-4-11(5-3-8-23)9-20-13-6-7-22(16(26)21-13)15-17(18,19)14(25)12(10-24)27-15/h6-8,11-12,14-15,24-25H,2-5,9-10H2,1H3,(H,20,21,26)/t11?,12-,14-,15-/m1/s1. The van der Waals surface area contributed by atoms with E-state index < -0.39 is 36.7 Å². The van der Waals surface area contributed by atoms with Crippen molar-refractivity contribution in [2.24, 2.45) is 5.92 Å². The van der Waals surface area contributed by atoms with Crippen molar-refractivity contribution in [2.75, 3.05) is 18.5 Å². The zero-order valence-electron chi connectivity index (χ0n) is 15.1. The molecule has 152 valence electrons. The normalized spacial score (nSPS) is 25.3. The van der Waals surface area contributed by atoms with Crippen LogP contribution in [0.4, 0.5) is 14.6 Å². The van der Waals surface area contributed by atoms with Crippen LogP contribution in [-0.2, 0) is 9.53 Å². The summed E-state index contributed by atoms with van der Waals surface area (Å²) in [6.45, 7) is 1.73. The lowest BCUT2D eigenvalue weighted by Crippen LogP contribution is -2.41. The number of aliphatic hydroxyl groups is 2. The lowest BCUT2D eigenvalue weighted by atomic mass is 9.98. The molecule has 2 rings (SSSR count).